The zero-order chi connectivity index (χ0) is 14.0. The van der Waals surface area contributed by atoms with Crippen LogP contribution in [0.15, 0.2) is 22.7 Å². The lowest BCUT2D eigenvalue weighted by molar-refractivity contribution is 0.0672. The molecule has 0 radical (unpaired) electrons. The predicted molar refractivity (Wildman–Crippen MR) is 82.1 cm³/mol. The van der Waals surface area contributed by atoms with Crippen molar-refractivity contribution < 1.29 is 4.79 Å². The number of carbonyl (C=O) groups is 1. The largest absolute Gasteiger partial charge is 0.398 e. The molecule has 1 aliphatic carbocycles. The summed E-state index contributed by atoms with van der Waals surface area (Å²) in [6.07, 6.45) is 4.72. The smallest absolute Gasteiger partial charge is 0.253 e. The van der Waals surface area contributed by atoms with E-state index in [4.69, 9.17) is 5.73 Å². The van der Waals surface area contributed by atoms with Crippen molar-refractivity contribution in [2.75, 3.05) is 12.8 Å². The Hall–Kier alpha value is -1.03. The van der Waals surface area contributed by atoms with Crippen LogP contribution in [-0.4, -0.2) is 23.9 Å². The van der Waals surface area contributed by atoms with E-state index in [2.05, 4.69) is 22.9 Å². The van der Waals surface area contributed by atoms with Crippen LogP contribution >= 0.6 is 15.9 Å². The molecule has 2 atom stereocenters. The van der Waals surface area contributed by atoms with E-state index in [-0.39, 0.29) is 5.91 Å². The van der Waals surface area contributed by atoms with Crippen molar-refractivity contribution in [2.24, 2.45) is 5.92 Å². The van der Waals surface area contributed by atoms with Crippen LogP contribution in [0.1, 0.15) is 43.0 Å². The monoisotopic (exact) mass is 324 g/mol. The number of rotatable bonds is 2. The van der Waals surface area contributed by atoms with Gasteiger partial charge in [0.05, 0.1) is 0 Å². The van der Waals surface area contributed by atoms with Gasteiger partial charge in [0.2, 0.25) is 0 Å². The normalized spacial score (nSPS) is 23.1. The molecule has 1 amide bonds. The van der Waals surface area contributed by atoms with Crippen LogP contribution in [0.25, 0.3) is 0 Å². The summed E-state index contributed by atoms with van der Waals surface area (Å²) in [5.74, 6) is 0.798. The van der Waals surface area contributed by atoms with E-state index >= 15 is 0 Å². The molecule has 0 spiro atoms. The Morgan fingerprint density at radius 1 is 1.42 bits per heavy atom. The number of halogens is 1. The van der Waals surface area contributed by atoms with Gasteiger partial charge in [-0.25, -0.2) is 0 Å². The molecule has 1 saturated carbocycles. The van der Waals surface area contributed by atoms with Crippen molar-refractivity contribution in [1.29, 1.82) is 0 Å². The Morgan fingerprint density at radius 3 is 2.79 bits per heavy atom. The first-order valence-corrected chi connectivity index (χ1v) is 7.60. The third kappa shape index (κ3) is 3.30. The van der Waals surface area contributed by atoms with Gasteiger partial charge in [-0.3, -0.25) is 4.79 Å². The maximum atomic E-state index is 12.5. The maximum Gasteiger partial charge on any atom is 0.253 e. The molecule has 0 bridgehead atoms. The number of amides is 1. The molecular weight excluding hydrogens is 304 g/mol. The summed E-state index contributed by atoms with van der Waals surface area (Å²) in [5, 5.41) is 0. The van der Waals surface area contributed by atoms with Gasteiger partial charge in [0.1, 0.15) is 0 Å². The van der Waals surface area contributed by atoms with Crippen LogP contribution in [0.4, 0.5) is 5.69 Å². The minimum Gasteiger partial charge on any atom is -0.398 e. The highest BCUT2D eigenvalue weighted by Crippen LogP contribution is 2.28. The summed E-state index contributed by atoms with van der Waals surface area (Å²) in [6, 6.07) is 5.74. The minimum absolute atomic E-state index is 0.0831. The average molecular weight is 325 g/mol. The first-order chi connectivity index (χ1) is 8.99. The fourth-order valence-electron chi connectivity index (χ4n) is 2.78. The van der Waals surface area contributed by atoms with Crippen LogP contribution in [0, 0.1) is 5.92 Å². The van der Waals surface area contributed by atoms with Gasteiger partial charge in [-0.05, 0) is 52.9 Å². The van der Waals surface area contributed by atoms with E-state index < -0.39 is 0 Å². The predicted octanol–water partition coefficient (Wildman–Crippen LogP) is 3.68. The minimum atomic E-state index is 0.0831. The summed E-state index contributed by atoms with van der Waals surface area (Å²) in [6.45, 7) is 2.27. The van der Waals surface area contributed by atoms with Gasteiger partial charge in [-0.15, -0.1) is 0 Å². The molecule has 2 N–H and O–H groups in total. The average Bonchev–Trinajstić information content (AvgIpc) is 2.40. The van der Waals surface area contributed by atoms with Crippen LogP contribution in [-0.2, 0) is 0 Å². The second-order valence-corrected chi connectivity index (χ2v) is 6.43. The molecule has 1 aliphatic rings. The molecule has 1 aromatic carbocycles. The lowest BCUT2D eigenvalue weighted by Gasteiger charge is -2.34. The first-order valence-electron chi connectivity index (χ1n) is 6.81. The third-order valence-electron chi connectivity index (χ3n) is 4.02. The molecule has 0 heterocycles. The standard InChI is InChI=1S/C15H21BrN2O/c1-10-4-3-5-12(8-10)18(2)15(19)11-6-7-14(17)13(16)9-11/h6-7,9-10,12H,3-5,8,17H2,1-2H3. The van der Waals surface area contributed by atoms with Gasteiger partial charge in [-0.1, -0.05) is 19.8 Å². The Balaban J connectivity index is 2.11. The van der Waals surface area contributed by atoms with Crippen molar-refractivity contribution in [3.63, 3.8) is 0 Å². The van der Waals surface area contributed by atoms with Gasteiger partial charge < -0.3 is 10.6 Å². The number of anilines is 1. The summed E-state index contributed by atoms with van der Waals surface area (Å²) in [4.78, 5) is 14.4. The third-order valence-corrected chi connectivity index (χ3v) is 4.71. The van der Waals surface area contributed by atoms with E-state index in [0.29, 0.717) is 23.2 Å². The number of hydrogen-bond donors (Lipinski definition) is 1. The van der Waals surface area contributed by atoms with Crippen LogP contribution < -0.4 is 5.73 Å². The van der Waals surface area contributed by atoms with Crippen LogP contribution in [0.2, 0.25) is 0 Å². The highest BCUT2D eigenvalue weighted by molar-refractivity contribution is 9.10. The lowest BCUT2D eigenvalue weighted by Crippen LogP contribution is -2.39. The van der Waals surface area contributed by atoms with Crippen molar-refractivity contribution in [3.8, 4) is 0 Å². The number of benzene rings is 1. The zero-order valence-corrected chi connectivity index (χ0v) is 13.1. The topological polar surface area (TPSA) is 46.3 Å². The Kier molecular flexibility index (Phi) is 4.50. The number of carbonyl (C=O) groups excluding carboxylic acids is 1. The van der Waals surface area contributed by atoms with E-state index in [1.807, 2.05) is 11.9 Å². The Bertz CT molecular complexity index is 475. The molecule has 1 fully saturated rings. The summed E-state index contributed by atoms with van der Waals surface area (Å²) in [5.41, 5.74) is 7.11. The SMILES string of the molecule is CC1CCCC(N(C)C(=O)c2ccc(N)c(Br)c2)C1. The van der Waals surface area contributed by atoms with Gasteiger partial charge >= 0.3 is 0 Å². The van der Waals surface area contributed by atoms with Gasteiger partial charge in [0.25, 0.3) is 5.91 Å². The van der Waals surface area contributed by atoms with Crippen molar-refractivity contribution >= 4 is 27.5 Å². The molecule has 19 heavy (non-hydrogen) atoms. The lowest BCUT2D eigenvalue weighted by atomic mass is 9.86. The summed E-state index contributed by atoms with van der Waals surface area (Å²) < 4.78 is 0.781. The molecule has 2 unspecified atom stereocenters. The Morgan fingerprint density at radius 2 is 2.16 bits per heavy atom. The van der Waals surface area contributed by atoms with E-state index in [1.165, 1.54) is 12.8 Å². The summed E-state index contributed by atoms with van der Waals surface area (Å²) in [7, 11) is 1.91. The highest BCUT2D eigenvalue weighted by atomic mass is 79.9. The molecule has 0 saturated heterocycles. The number of hydrogen-bond acceptors (Lipinski definition) is 2. The van der Waals surface area contributed by atoms with E-state index in [9.17, 15) is 4.79 Å². The molecule has 104 valence electrons. The van der Waals surface area contributed by atoms with Crippen LogP contribution in [0.5, 0.6) is 0 Å². The quantitative estimate of drug-likeness (QED) is 0.843. The second kappa shape index (κ2) is 5.95. The molecular formula is C15H21BrN2O. The number of nitrogens with zero attached hydrogens (tertiary/aromatic N) is 1. The van der Waals surface area contributed by atoms with Crippen molar-refractivity contribution in [2.45, 2.75) is 38.6 Å². The zero-order valence-electron chi connectivity index (χ0n) is 11.5. The summed E-state index contributed by atoms with van der Waals surface area (Å²) >= 11 is 3.37. The molecule has 2 rings (SSSR count). The fourth-order valence-corrected chi connectivity index (χ4v) is 3.16. The molecule has 0 aromatic heterocycles. The number of nitrogens with two attached hydrogens (primary N) is 1. The Labute approximate surface area is 123 Å². The van der Waals surface area contributed by atoms with Gasteiger partial charge in [0, 0.05) is 28.8 Å². The highest BCUT2D eigenvalue weighted by Gasteiger charge is 2.26. The second-order valence-electron chi connectivity index (χ2n) is 5.58. The van der Waals surface area contributed by atoms with Crippen molar-refractivity contribution in [3.05, 3.63) is 28.2 Å². The molecule has 1 aromatic rings. The maximum absolute atomic E-state index is 12.5. The van der Waals surface area contributed by atoms with Gasteiger partial charge in [-0.2, -0.15) is 0 Å². The number of nitrogen functional groups attached to an aromatic ring is 1. The molecule has 4 heteroatoms. The first kappa shape index (κ1) is 14.4. The van der Waals surface area contributed by atoms with E-state index in [0.717, 1.165) is 17.3 Å². The van der Waals surface area contributed by atoms with Crippen LogP contribution in [0.3, 0.4) is 0 Å². The molecule has 0 aliphatic heterocycles. The van der Waals surface area contributed by atoms with E-state index in [1.54, 1.807) is 18.2 Å². The van der Waals surface area contributed by atoms with Crippen molar-refractivity contribution in [1.82, 2.24) is 4.90 Å². The fraction of sp³-hybridized carbons (Fsp3) is 0.533. The molecule has 3 nitrogen and oxygen atoms in total. The van der Waals surface area contributed by atoms with Gasteiger partial charge in [0.15, 0.2) is 0 Å².